The summed E-state index contributed by atoms with van der Waals surface area (Å²) >= 11 is 0. The van der Waals surface area contributed by atoms with Crippen molar-refractivity contribution in [1.29, 1.82) is 0 Å². The van der Waals surface area contributed by atoms with Crippen molar-refractivity contribution in [2.24, 2.45) is 5.10 Å². The zero-order valence-corrected chi connectivity index (χ0v) is 28.8. The predicted octanol–water partition coefficient (Wildman–Crippen LogP) is 3.74. The lowest BCUT2D eigenvalue weighted by Gasteiger charge is -2.34. The molecular weight excluding hydrogens is 652 g/mol. The molecule has 0 radical (unpaired) electrons. The molecule has 3 rings (SSSR count). The Kier molecular flexibility index (Phi) is 14.4. The maximum atomic E-state index is 12.3. The van der Waals surface area contributed by atoms with E-state index < -0.39 is 60.9 Å². The van der Waals surface area contributed by atoms with E-state index in [2.05, 4.69) is 20.7 Å². The van der Waals surface area contributed by atoms with Gasteiger partial charge >= 0.3 is 29.8 Å². The highest BCUT2D eigenvalue weighted by Crippen LogP contribution is 2.27. The van der Waals surface area contributed by atoms with Crippen LogP contribution in [0.3, 0.4) is 0 Å². The third-order valence-corrected chi connectivity index (χ3v) is 6.87. The largest absolute Gasteiger partial charge is 0.496 e. The fourth-order valence-corrected chi connectivity index (χ4v) is 4.79. The number of anilines is 1. The van der Waals surface area contributed by atoms with E-state index in [9.17, 15) is 24.0 Å². The smallest absolute Gasteiger partial charge is 0.303 e. The molecule has 2 aromatic carbocycles. The summed E-state index contributed by atoms with van der Waals surface area (Å²) in [4.78, 5) is 60.3. The van der Waals surface area contributed by atoms with Crippen molar-refractivity contribution in [2.75, 3.05) is 19.1 Å². The number of rotatable bonds is 16. The fraction of sp³-hybridized carbons (Fsp3) is 0.371. The number of nitrogens with one attached hydrogen (secondary N) is 1. The van der Waals surface area contributed by atoms with Crippen molar-refractivity contribution < 1.29 is 52.4 Å². The monoisotopic (exact) mass is 692 g/mol. The third kappa shape index (κ3) is 12.0. The zero-order chi connectivity index (χ0) is 36.8. The Hall–Kier alpha value is -5.86. The molecule has 0 unspecified atom stereocenters. The van der Waals surface area contributed by atoms with Crippen LogP contribution < -0.4 is 10.2 Å². The summed E-state index contributed by atoms with van der Waals surface area (Å²) in [6, 6.07) is 17.1. The van der Waals surface area contributed by atoms with Crippen LogP contribution in [0.2, 0.25) is 0 Å². The van der Waals surface area contributed by atoms with E-state index >= 15 is 0 Å². The molecule has 50 heavy (non-hydrogen) atoms. The normalized spacial score (nSPS) is 13.3. The van der Waals surface area contributed by atoms with Crippen molar-refractivity contribution in [3.63, 3.8) is 0 Å². The van der Waals surface area contributed by atoms with Crippen LogP contribution in [0.1, 0.15) is 51.3 Å². The van der Waals surface area contributed by atoms with Crippen molar-refractivity contribution in [1.82, 2.24) is 10.2 Å². The Morgan fingerprint density at radius 1 is 0.760 bits per heavy atom. The molecule has 15 nitrogen and oxygen atoms in total. The number of aromatic nitrogens is 2. The summed E-state index contributed by atoms with van der Waals surface area (Å²) in [6.07, 6.45) is -4.81. The molecule has 0 amide bonds. The van der Waals surface area contributed by atoms with Gasteiger partial charge in [-0.1, -0.05) is 48.0 Å². The van der Waals surface area contributed by atoms with E-state index in [0.29, 0.717) is 23.4 Å². The highest BCUT2D eigenvalue weighted by molar-refractivity contribution is 5.75. The van der Waals surface area contributed by atoms with Gasteiger partial charge in [0.05, 0.1) is 19.0 Å². The van der Waals surface area contributed by atoms with Crippen molar-refractivity contribution in [2.45, 2.75) is 72.4 Å². The van der Waals surface area contributed by atoms with Gasteiger partial charge in [-0.3, -0.25) is 29.4 Å². The predicted molar refractivity (Wildman–Crippen MR) is 179 cm³/mol. The number of aryl methyl sites for hydroxylation is 1. The van der Waals surface area contributed by atoms with Crippen molar-refractivity contribution in [3.8, 4) is 17.0 Å². The average molecular weight is 693 g/mol. The summed E-state index contributed by atoms with van der Waals surface area (Å²) in [5.41, 5.74) is 6.86. The minimum Gasteiger partial charge on any atom is -0.496 e. The van der Waals surface area contributed by atoms with Crippen LogP contribution in [0, 0.1) is 6.92 Å². The first-order valence-corrected chi connectivity index (χ1v) is 15.4. The van der Waals surface area contributed by atoms with Gasteiger partial charge in [-0.05, 0) is 24.6 Å². The highest BCUT2D eigenvalue weighted by atomic mass is 16.6. The number of hydrogen-bond donors (Lipinski definition) is 1. The number of esters is 5. The summed E-state index contributed by atoms with van der Waals surface area (Å²) in [6.45, 7) is 6.83. The highest BCUT2D eigenvalue weighted by Gasteiger charge is 2.43. The summed E-state index contributed by atoms with van der Waals surface area (Å²) in [5.74, 6) is -3.21. The Bertz CT molecular complexity index is 1690. The Morgan fingerprint density at radius 3 is 1.98 bits per heavy atom. The molecule has 0 aliphatic rings. The number of carbonyl (C=O) groups excluding carboxylic acids is 5. The van der Waals surface area contributed by atoms with Crippen LogP contribution in [0.15, 0.2) is 59.7 Å². The lowest BCUT2D eigenvalue weighted by atomic mass is 10.0. The first-order valence-electron chi connectivity index (χ1n) is 15.4. The Morgan fingerprint density at radius 2 is 1.38 bits per heavy atom. The molecule has 0 aliphatic heterocycles. The minimum absolute atomic E-state index is 0.234. The number of nitrogens with zero attached hydrogens (tertiary/aromatic N) is 3. The summed E-state index contributed by atoms with van der Waals surface area (Å²) < 4.78 is 32.2. The van der Waals surface area contributed by atoms with Gasteiger partial charge in [0.15, 0.2) is 30.2 Å². The lowest BCUT2D eigenvalue weighted by molar-refractivity contribution is -0.197. The van der Waals surface area contributed by atoms with Crippen LogP contribution in [-0.2, 0) is 54.1 Å². The minimum atomic E-state index is -1.63. The second-order valence-corrected chi connectivity index (χ2v) is 11.0. The first kappa shape index (κ1) is 38.6. The molecule has 4 atom stereocenters. The molecule has 0 saturated carbocycles. The molecule has 15 heteroatoms. The summed E-state index contributed by atoms with van der Waals surface area (Å²) in [5, 5.41) is 13.0. The topological polar surface area (TPSA) is 191 Å². The second kappa shape index (κ2) is 18.6. The van der Waals surface area contributed by atoms with Crippen LogP contribution >= 0.6 is 0 Å². The number of hydrazone groups is 1. The van der Waals surface area contributed by atoms with Gasteiger partial charge in [0, 0.05) is 52.2 Å². The molecular formula is C35H40N4O11. The maximum absolute atomic E-state index is 12.3. The maximum Gasteiger partial charge on any atom is 0.303 e. The van der Waals surface area contributed by atoms with Crippen LogP contribution in [-0.4, -0.2) is 84.4 Å². The lowest BCUT2D eigenvalue weighted by Crippen LogP contribution is -2.53. The molecule has 0 fully saturated rings. The molecule has 1 N–H and O–H groups in total. The Balaban J connectivity index is 2.06. The standard InChI is InChI=1S/C35H40N4O11/c1-20-12-14-26(15-13-20)29-17-28(16-27-10-8-9-11-30(27)45-7)35(39-37-29)38-36-18-31(47-22(3)41)33(49-24(5)43)34(50-25(6)44)32(48-23(4)42)19-46-21(2)40/h8-15,17-18,31-34H,16,19H2,1-7H3,(H,38,39)/b36-18+/t31-,32+,33+,34+/m0/s1. The van der Waals surface area contributed by atoms with E-state index in [4.69, 9.17) is 28.4 Å². The van der Waals surface area contributed by atoms with E-state index in [1.54, 1.807) is 7.11 Å². The number of carbonyl (C=O) groups is 5. The zero-order valence-electron chi connectivity index (χ0n) is 28.8. The number of hydrogen-bond acceptors (Lipinski definition) is 15. The van der Waals surface area contributed by atoms with Gasteiger partial charge < -0.3 is 28.4 Å². The third-order valence-electron chi connectivity index (χ3n) is 6.87. The van der Waals surface area contributed by atoms with Gasteiger partial charge in [0.2, 0.25) is 0 Å². The summed E-state index contributed by atoms with van der Waals surface area (Å²) in [7, 11) is 1.57. The molecule has 266 valence electrons. The fourth-order valence-electron chi connectivity index (χ4n) is 4.79. The Labute approximate surface area is 289 Å². The molecule has 0 bridgehead atoms. The molecule has 0 saturated heterocycles. The number of methoxy groups -OCH3 is 1. The van der Waals surface area contributed by atoms with E-state index in [1.807, 2.05) is 61.5 Å². The number of ether oxygens (including phenoxy) is 6. The van der Waals surface area contributed by atoms with Gasteiger partial charge in [-0.2, -0.15) is 5.10 Å². The van der Waals surface area contributed by atoms with Crippen molar-refractivity contribution >= 4 is 41.9 Å². The van der Waals surface area contributed by atoms with Crippen LogP contribution in [0.25, 0.3) is 11.3 Å². The van der Waals surface area contributed by atoms with Gasteiger partial charge in [0.1, 0.15) is 12.4 Å². The molecule has 3 aromatic rings. The van der Waals surface area contributed by atoms with Crippen LogP contribution in [0.5, 0.6) is 5.75 Å². The van der Waals surface area contributed by atoms with E-state index in [0.717, 1.165) is 57.5 Å². The van der Waals surface area contributed by atoms with E-state index in [-0.39, 0.29) is 5.82 Å². The average Bonchev–Trinajstić information content (AvgIpc) is 3.05. The van der Waals surface area contributed by atoms with Gasteiger partial charge in [-0.25, -0.2) is 0 Å². The SMILES string of the molecule is COc1ccccc1Cc1cc(-c2ccc(C)cc2)nnc1N/N=C/[C@H](OC(C)=O)[C@@H](OC(C)=O)[C@H](OC(C)=O)[C@@H](COC(C)=O)OC(C)=O. The molecule has 1 heterocycles. The number of para-hydroxylation sites is 1. The van der Waals surface area contributed by atoms with E-state index in [1.165, 1.54) is 0 Å². The van der Waals surface area contributed by atoms with Crippen LogP contribution in [0.4, 0.5) is 5.82 Å². The van der Waals surface area contributed by atoms with Gasteiger partial charge in [-0.15, -0.1) is 10.2 Å². The molecule has 0 aliphatic carbocycles. The number of benzene rings is 2. The first-order chi connectivity index (χ1) is 23.8. The van der Waals surface area contributed by atoms with Crippen molar-refractivity contribution in [3.05, 3.63) is 71.3 Å². The second-order valence-electron chi connectivity index (χ2n) is 11.0. The van der Waals surface area contributed by atoms with Gasteiger partial charge in [0.25, 0.3) is 0 Å². The quantitative estimate of drug-likeness (QED) is 0.0988. The molecule has 1 aromatic heterocycles. The molecule has 0 spiro atoms.